The summed E-state index contributed by atoms with van der Waals surface area (Å²) >= 11 is 7.72. The van der Waals surface area contributed by atoms with Crippen molar-refractivity contribution < 1.29 is 14.4 Å². The Balaban J connectivity index is 1.62. The molecule has 0 saturated heterocycles. The normalized spacial score (nSPS) is 13.0. The number of anilines is 2. The molecule has 6 nitrogen and oxygen atoms in total. The van der Waals surface area contributed by atoms with E-state index in [4.69, 9.17) is 11.6 Å². The molecule has 1 aromatic heterocycles. The minimum absolute atomic E-state index is 0.180. The Hall–Kier alpha value is -3.03. The lowest BCUT2D eigenvalue weighted by Gasteiger charge is -2.16. The summed E-state index contributed by atoms with van der Waals surface area (Å²) in [6.07, 6.45) is 0. The van der Waals surface area contributed by atoms with Gasteiger partial charge in [-0.05, 0) is 44.2 Å². The van der Waals surface area contributed by atoms with E-state index in [1.807, 2.05) is 13.8 Å². The van der Waals surface area contributed by atoms with Gasteiger partial charge in [-0.15, -0.1) is 11.3 Å². The van der Waals surface area contributed by atoms with E-state index in [0.29, 0.717) is 22.5 Å². The number of hydrogen-bond donors (Lipinski definition) is 1. The quantitative estimate of drug-likeness (QED) is 0.645. The molecule has 4 rings (SSSR count). The third-order valence-electron chi connectivity index (χ3n) is 4.45. The molecule has 1 aliphatic heterocycles. The molecule has 0 spiro atoms. The summed E-state index contributed by atoms with van der Waals surface area (Å²) in [6, 6.07) is 9.76. The van der Waals surface area contributed by atoms with Crippen LogP contribution in [0.2, 0.25) is 5.02 Å². The molecule has 3 aromatic rings. The second-order valence-corrected chi connectivity index (χ2v) is 7.84. The number of carbonyl (C=O) groups excluding carboxylic acids is 3. The van der Waals surface area contributed by atoms with Crippen molar-refractivity contribution in [1.29, 1.82) is 0 Å². The zero-order chi connectivity index (χ0) is 20.0. The summed E-state index contributed by atoms with van der Waals surface area (Å²) in [4.78, 5) is 43.6. The Morgan fingerprint density at radius 1 is 1.07 bits per heavy atom. The average molecular weight is 412 g/mol. The highest BCUT2D eigenvalue weighted by Gasteiger charge is 2.37. The van der Waals surface area contributed by atoms with Crippen LogP contribution in [-0.2, 0) is 0 Å². The highest BCUT2D eigenvalue weighted by molar-refractivity contribution is 7.09. The van der Waals surface area contributed by atoms with Crippen LogP contribution in [0.25, 0.3) is 0 Å². The molecule has 0 saturated carbocycles. The van der Waals surface area contributed by atoms with Gasteiger partial charge in [-0.25, -0.2) is 9.88 Å². The van der Waals surface area contributed by atoms with Crippen LogP contribution in [-0.4, -0.2) is 22.7 Å². The van der Waals surface area contributed by atoms with Gasteiger partial charge in [-0.1, -0.05) is 23.2 Å². The third kappa shape index (κ3) is 2.98. The Bertz CT molecular complexity index is 1160. The molecule has 0 atom stereocenters. The van der Waals surface area contributed by atoms with Gasteiger partial charge in [0.05, 0.1) is 27.3 Å². The van der Waals surface area contributed by atoms with Crippen molar-refractivity contribution in [2.24, 2.45) is 0 Å². The fourth-order valence-corrected chi connectivity index (χ4v) is 3.89. The van der Waals surface area contributed by atoms with Crippen LogP contribution in [0.3, 0.4) is 0 Å². The average Bonchev–Trinajstić information content (AvgIpc) is 3.18. The minimum Gasteiger partial charge on any atom is -0.321 e. The van der Waals surface area contributed by atoms with Crippen molar-refractivity contribution in [3.05, 3.63) is 74.2 Å². The van der Waals surface area contributed by atoms with E-state index in [-0.39, 0.29) is 16.6 Å². The predicted molar refractivity (Wildman–Crippen MR) is 109 cm³/mol. The highest BCUT2D eigenvalue weighted by Crippen LogP contribution is 2.35. The van der Waals surface area contributed by atoms with Crippen molar-refractivity contribution in [3.8, 4) is 0 Å². The van der Waals surface area contributed by atoms with Gasteiger partial charge < -0.3 is 5.32 Å². The molecule has 0 aliphatic carbocycles. The second-order valence-electron chi connectivity index (χ2n) is 6.37. The van der Waals surface area contributed by atoms with Crippen molar-refractivity contribution in [2.45, 2.75) is 13.8 Å². The molecule has 0 unspecified atom stereocenters. The lowest BCUT2D eigenvalue weighted by atomic mass is 10.1. The lowest BCUT2D eigenvalue weighted by molar-refractivity contribution is 0.0924. The predicted octanol–water partition coefficient (Wildman–Crippen LogP) is 4.47. The van der Waals surface area contributed by atoms with Crippen molar-refractivity contribution in [2.75, 3.05) is 10.2 Å². The zero-order valence-electron chi connectivity index (χ0n) is 14.9. The van der Waals surface area contributed by atoms with E-state index in [2.05, 4.69) is 10.3 Å². The molecule has 2 aromatic carbocycles. The van der Waals surface area contributed by atoms with E-state index in [1.165, 1.54) is 17.4 Å². The molecule has 1 aliphatic rings. The number of imide groups is 1. The minimum atomic E-state index is -0.420. The first kappa shape index (κ1) is 18.3. The van der Waals surface area contributed by atoms with Gasteiger partial charge >= 0.3 is 0 Å². The van der Waals surface area contributed by atoms with Crippen LogP contribution in [0.15, 0.2) is 41.9 Å². The number of nitrogens with zero attached hydrogens (tertiary/aromatic N) is 2. The van der Waals surface area contributed by atoms with Crippen LogP contribution in [0.1, 0.15) is 41.6 Å². The van der Waals surface area contributed by atoms with Gasteiger partial charge in [-0.3, -0.25) is 14.4 Å². The topological polar surface area (TPSA) is 79.4 Å². The van der Waals surface area contributed by atoms with Crippen molar-refractivity contribution >= 4 is 52.0 Å². The lowest BCUT2D eigenvalue weighted by Crippen LogP contribution is -2.29. The standard InChI is InChI=1S/C20H14ClN3O3S/c1-10-3-5-13-14(7-10)20(27)24(19(13)26)16-6-4-12(8-15(16)21)23-18(25)17-11(2)28-9-22-17/h3-9H,1-2H3,(H,23,25). The van der Waals surface area contributed by atoms with Crippen molar-refractivity contribution in [1.82, 2.24) is 4.98 Å². The second kappa shape index (κ2) is 6.85. The molecule has 3 amide bonds. The molecule has 28 heavy (non-hydrogen) atoms. The van der Waals surface area contributed by atoms with Gasteiger partial charge in [0.15, 0.2) is 0 Å². The number of rotatable bonds is 3. The molecule has 1 N–H and O–H groups in total. The monoisotopic (exact) mass is 411 g/mol. The number of aryl methyl sites for hydroxylation is 2. The van der Waals surface area contributed by atoms with Crippen LogP contribution in [0.5, 0.6) is 0 Å². The molecular weight excluding hydrogens is 398 g/mol. The maximum Gasteiger partial charge on any atom is 0.275 e. The number of benzene rings is 2. The van der Waals surface area contributed by atoms with Crippen molar-refractivity contribution in [3.63, 3.8) is 0 Å². The number of amides is 3. The molecule has 140 valence electrons. The van der Waals surface area contributed by atoms with E-state index in [0.717, 1.165) is 15.3 Å². The number of hydrogen-bond acceptors (Lipinski definition) is 5. The van der Waals surface area contributed by atoms with Crippen LogP contribution in [0, 0.1) is 13.8 Å². The first-order chi connectivity index (χ1) is 13.4. The summed E-state index contributed by atoms with van der Waals surface area (Å²) in [7, 11) is 0. The molecule has 2 heterocycles. The maximum atomic E-state index is 12.7. The molecule has 8 heteroatoms. The maximum absolute atomic E-state index is 12.7. The summed E-state index contributed by atoms with van der Waals surface area (Å²) in [6.45, 7) is 3.67. The summed E-state index contributed by atoms with van der Waals surface area (Å²) in [5, 5.41) is 2.90. The third-order valence-corrected chi connectivity index (χ3v) is 5.51. The number of carbonyl (C=O) groups is 3. The largest absolute Gasteiger partial charge is 0.321 e. The zero-order valence-corrected chi connectivity index (χ0v) is 16.5. The number of aromatic nitrogens is 1. The van der Waals surface area contributed by atoms with E-state index >= 15 is 0 Å². The van der Waals surface area contributed by atoms with Crippen LogP contribution >= 0.6 is 22.9 Å². The Morgan fingerprint density at radius 3 is 2.50 bits per heavy atom. The smallest absolute Gasteiger partial charge is 0.275 e. The number of halogens is 1. The fraction of sp³-hybridized carbons (Fsp3) is 0.100. The Kier molecular flexibility index (Phi) is 4.49. The van der Waals surface area contributed by atoms with Gasteiger partial charge in [0.1, 0.15) is 5.69 Å². The van der Waals surface area contributed by atoms with Gasteiger partial charge in [0.25, 0.3) is 17.7 Å². The number of nitrogens with one attached hydrogen (secondary N) is 1. The number of thiazole rings is 1. The molecular formula is C20H14ClN3O3S. The molecule has 0 radical (unpaired) electrons. The molecule has 0 bridgehead atoms. The van der Waals surface area contributed by atoms with E-state index < -0.39 is 11.8 Å². The van der Waals surface area contributed by atoms with Crippen LogP contribution < -0.4 is 10.2 Å². The Labute approximate surface area is 169 Å². The summed E-state index contributed by atoms with van der Waals surface area (Å²) < 4.78 is 0. The van der Waals surface area contributed by atoms with Gasteiger partial charge in [0.2, 0.25) is 0 Å². The van der Waals surface area contributed by atoms with Gasteiger partial charge in [-0.2, -0.15) is 0 Å². The summed E-state index contributed by atoms with van der Waals surface area (Å²) in [5.74, 6) is -1.18. The highest BCUT2D eigenvalue weighted by atomic mass is 35.5. The van der Waals surface area contributed by atoms with E-state index in [1.54, 1.807) is 35.8 Å². The summed E-state index contributed by atoms with van der Waals surface area (Å²) in [5.41, 5.74) is 4.27. The molecule has 0 fully saturated rings. The first-order valence-corrected chi connectivity index (χ1v) is 9.63. The van der Waals surface area contributed by atoms with Gasteiger partial charge in [0, 0.05) is 10.6 Å². The first-order valence-electron chi connectivity index (χ1n) is 8.37. The number of fused-ring (bicyclic) bond motifs is 1. The van der Waals surface area contributed by atoms with Crippen LogP contribution in [0.4, 0.5) is 11.4 Å². The van der Waals surface area contributed by atoms with E-state index in [9.17, 15) is 14.4 Å². The Morgan fingerprint density at radius 2 is 1.82 bits per heavy atom. The SMILES string of the molecule is Cc1ccc2c(c1)C(=O)N(c1ccc(NC(=O)c3ncsc3C)cc1Cl)C2=O. The fourth-order valence-electron chi connectivity index (χ4n) is 3.05.